The van der Waals surface area contributed by atoms with Crippen molar-refractivity contribution in [3.8, 4) is 11.4 Å². The van der Waals surface area contributed by atoms with Crippen LogP contribution in [0, 0.1) is 26.7 Å². The summed E-state index contributed by atoms with van der Waals surface area (Å²) in [5, 5.41) is 34.1. The molecule has 82 heavy (non-hydrogen) atoms. The van der Waals surface area contributed by atoms with E-state index in [1.165, 1.54) is 37.6 Å². The molecule has 1 unspecified atom stereocenters. The lowest BCUT2D eigenvalue weighted by molar-refractivity contribution is -0.142. The van der Waals surface area contributed by atoms with E-state index in [0.29, 0.717) is 91.3 Å². The standard InChI is InChI=1S/C56H72N16O9S/c1-33-25-46(72(67-33)40-17-13-10-14-18-40)62-52(75)43-26-39(31-71(43)53(76)47(37-15-11-9-12-16-37)63-50(73)36(4)68(8)55(77)78)61-51(74)38-29-57-54(58-30-38)70-21-19-69(20-22-70)23-24-81-44-28-42-41(27-45(44)82(79,80)56(5,6)7)49(60-32-59-42)64-48-34(2)35(3)65-66-48/h10,13-14,17-18,25,27-30,32,36-37,39,43,47H,9,11-12,15-16,19-24,26,31H2,1-8H3,(H,61,74)(H,62,75)(H,63,73)(H,77,78)(H2,59,60,64,65,66)/t36?,39-,43-,47-/m0/s1. The maximum absolute atomic E-state index is 15.0. The molecule has 5 amide bonds. The molecule has 0 bridgehead atoms. The number of ether oxygens (including phenoxy) is 1. The van der Waals surface area contributed by atoms with Crippen LogP contribution in [0.1, 0.15) is 93.5 Å². The number of anilines is 4. The molecule has 1 saturated carbocycles. The highest BCUT2D eigenvalue weighted by molar-refractivity contribution is 7.92. The quantitative estimate of drug-likeness (QED) is 0.0646. The predicted octanol–water partition coefficient (Wildman–Crippen LogP) is 5.17. The summed E-state index contributed by atoms with van der Waals surface area (Å²) in [7, 11) is -2.61. The molecule has 6 heterocycles. The minimum absolute atomic E-state index is 0.0339. The number of para-hydroxylation sites is 1. The molecule has 2 aliphatic heterocycles. The fourth-order valence-electron chi connectivity index (χ4n) is 10.5. The molecular weight excluding hydrogens is 1070 g/mol. The number of rotatable bonds is 18. The maximum Gasteiger partial charge on any atom is 0.407 e. The molecule has 3 fully saturated rings. The van der Waals surface area contributed by atoms with Gasteiger partial charge in [-0.3, -0.25) is 34.1 Å². The Morgan fingerprint density at radius 2 is 1.62 bits per heavy atom. The van der Waals surface area contributed by atoms with Gasteiger partial charge < -0.3 is 40.9 Å². The van der Waals surface area contributed by atoms with Crippen LogP contribution in [-0.2, 0) is 24.2 Å². The van der Waals surface area contributed by atoms with Crippen molar-refractivity contribution in [2.24, 2.45) is 5.92 Å². The molecule has 0 radical (unpaired) electrons. The van der Waals surface area contributed by atoms with Gasteiger partial charge in [-0.25, -0.2) is 37.8 Å². The van der Waals surface area contributed by atoms with Gasteiger partial charge in [0.1, 0.15) is 53.3 Å². The van der Waals surface area contributed by atoms with Crippen LogP contribution in [-0.4, -0.2) is 180 Å². The SMILES string of the molecule is Cc1cc(NC(=O)[C@@H]2C[C@H](NC(=O)c3cnc(N4CCN(CCOc5cc6ncnc(Nc7n[nH]c(C)c7C)c6cc5S(=O)(=O)C(C)(C)C)CC4)nc3)CN2C(=O)[C@@H](NC(=O)C(C)N(C)C(=O)O)C2CCCCC2)n(-c2ccccc2)n1. The number of aryl methyl sites for hydroxylation is 2. The third-order valence-corrected chi connectivity index (χ3v) is 18.3. The highest BCUT2D eigenvalue weighted by atomic mass is 32.2. The van der Waals surface area contributed by atoms with Gasteiger partial charge in [-0.15, -0.1) is 0 Å². The average Bonchev–Trinajstić information content (AvgIpc) is 4.29. The number of likely N-dealkylation sites (N-methyl/N-ethyl adjacent to an activating group) is 1. The van der Waals surface area contributed by atoms with Crippen molar-refractivity contribution in [3.63, 3.8) is 0 Å². The largest absolute Gasteiger partial charge is 0.491 e. The van der Waals surface area contributed by atoms with Gasteiger partial charge in [-0.1, -0.05) is 37.5 Å². The Labute approximate surface area is 475 Å². The van der Waals surface area contributed by atoms with Crippen molar-refractivity contribution in [1.29, 1.82) is 0 Å². The summed E-state index contributed by atoms with van der Waals surface area (Å²) in [6, 6.07) is 10.2. The van der Waals surface area contributed by atoms with E-state index in [2.05, 4.69) is 61.4 Å². The molecule has 26 heteroatoms. The van der Waals surface area contributed by atoms with Crippen LogP contribution in [0.5, 0.6) is 5.75 Å². The lowest BCUT2D eigenvalue weighted by Gasteiger charge is -2.35. The van der Waals surface area contributed by atoms with Crippen molar-refractivity contribution in [2.75, 3.05) is 68.5 Å². The smallest absolute Gasteiger partial charge is 0.407 e. The van der Waals surface area contributed by atoms with Crippen molar-refractivity contribution in [3.05, 3.63) is 89.8 Å². The van der Waals surface area contributed by atoms with E-state index in [1.54, 1.807) is 50.6 Å². The van der Waals surface area contributed by atoms with Gasteiger partial charge in [-0.05, 0) is 91.8 Å². The maximum atomic E-state index is 15.0. The number of aromatic amines is 1. The van der Waals surface area contributed by atoms with E-state index in [4.69, 9.17) is 4.74 Å². The minimum atomic E-state index is -3.89. The second kappa shape index (κ2) is 24.4. The zero-order valence-electron chi connectivity index (χ0n) is 47.5. The number of likely N-dealkylation sites (tertiary alicyclic amines) is 1. The Morgan fingerprint density at radius 3 is 2.28 bits per heavy atom. The summed E-state index contributed by atoms with van der Waals surface area (Å²) >= 11 is 0. The number of H-pyrrole nitrogens is 1. The summed E-state index contributed by atoms with van der Waals surface area (Å²) in [6.07, 6.45) is 6.95. The number of nitrogens with one attached hydrogen (secondary N) is 5. The van der Waals surface area contributed by atoms with Crippen LogP contribution >= 0.6 is 0 Å². The van der Waals surface area contributed by atoms with Crippen LogP contribution < -0.4 is 30.9 Å². The topological polar surface area (TPSA) is 308 Å². The molecule has 6 N–H and O–H groups in total. The van der Waals surface area contributed by atoms with Crippen LogP contribution in [0.15, 0.2) is 72.1 Å². The molecule has 436 valence electrons. The molecule has 1 aliphatic carbocycles. The summed E-state index contributed by atoms with van der Waals surface area (Å²) in [6.45, 7) is 15.0. The first kappa shape index (κ1) is 58.4. The summed E-state index contributed by atoms with van der Waals surface area (Å²) < 4.78 is 34.9. The average molecular weight is 1150 g/mol. The number of amides is 5. The summed E-state index contributed by atoms with van der Waals surface area (Å²) in [5.41, 5.74) is 3.80. The van der Waals surface area contributed by atoms with Crippen LogP contribution in [0.25, 0.3) is 16.6 Å². The zero-order valence-corrected chi connectivity index (χ0v) is 48.3. The normalized spacial score (nSPS) is 18.0. The third-order valence-electron chi connectivity index (χ3n) is 15.8. The van der Waals surface area contributed by atoms with Crippen LogP contribution in [0.3, 0.4) is 0 Å². The second-order valence-electron chi connectivity index (χ2n) is 22.3. The fraction of sp³-hybridized carbons (Fsp3) is 0.482. The Morgan fingerprint density at radius 1 is 0.915 bits per heavy atom. The number of piperazine rings is 1. The highest BCUT2D eigenvalue weighted by Gasteiger charge is 2.45. The molecule has 3 aliphatic rings. The van der Waals surface area contributed by atoms with Crippen molar-refractivity contribution >= 4 is 73.9 Å². The first-order chi connectivity index (χ1) is 39.1. The number of nitrogens with zero attached hydrogens (tertiary/aromatic N) is 11. The fourth-order valence-corrected chi connectivity index (χ4v) is 11.8. The molecule has 6 aromatic rings. The Balaban J connectivity index is 0.850. The number of aromatic nitrogens is 8. The predicted molar refractivity (Wildman–Crippen MR) is 306 cm³/mol. The summed E-state index contributed by atoms with van der Waals surface area (Å²) in [5.74, 6) is -0.472. The van der Waals surface area contributed by atoms with Gasteiger partial charge in [0.25, 0.3) is 5.91 Å². The van der Waals surface area contributed by atoms with Gasteiger partial charge in [0.15, 0.2) is 15.7 Å². The first-order valence-corrected chi connectivity index (χ1v) is 29.1. The van der Waals surface area contributed by atoms with Gasteiger partial charge in [-0.2, -0.15) is 10.2 Å². The minimum Gasteiger partial charge on any atom is -0.491 e. The highest BCUT2D eigenvalue weighted by Crippen LogP contribution is 2.38. The third kappa shape index (κ3) is 12.8. The molecule has 0 spiro atoms. The molecule has 4 aromatic heterocycles. The van der Waals surface area contributed by atoms with Crippen molar-refractivity contribution in [1.82, 2.24) is 65.2 Å². The lowest BCUT2D eigenvalue weighted by Crippen LogP contribution is -2.58. The number of hydrogen-bond donors (Lipinski definition) is 6. The molecule has 9 rings (SSSR count). The molecule has 4 atom stereocenters. The second-order valence-corrected chi connectivity index (χ2v) is 25.0. The number of carbonyl (C=O) groups is 5. The Kier molecular flexibility index (Phi) is 17.4. The number of sulfone groups is 1. The molecule has 2 aromatic carbocycles. The van der Waals surface area contributed by atoms with Crippen LogP contribution in [0.2, 0.25) is 0 Å². The Bertz CT molecular complexity index is 3430. The van der Waals surface area contributed by atoms with Gasteiger partial charge in [0, 0.05) is 93.5 Å². The van der Waals surface area contributed by atoms with Gasteiger partial charge >= 0.3 is 6.09 Å². The first-order valence-electron chi connectivity index (χ1n) is 27.6. The van der Waals surface area contributed by atoms with Gasteiger partial charge in [0.05, 0.1) is 27.2 Å². The Hall–Kier alpha value is -8.26. The van der Waals surface area contributed by atoms with E-state index in [9.17, 15) is 37.5 Å². The number of fused-ring (bicyclic) bond motifs is 1. The van der Waals surface area contributed by atoms with E-state index in [1.807, 2.05) is 49.1 Å². The van der Waals surface area contributed by atoms with Crippen molar-refractivity contribution in [2.45, 2.75) is 121 Å². The van der Waals surface area contributed by atoms with E-state index in [0.717, 1.165) is 35.4 Å². The number of carbonyl (C=O) groups excluding carboxylic acids is 4. The molecular formula is C56H72N16O9S. The number of hydrogen-bond acceptors (Lipinski definition) is 17. The number of carboxylic acid groups (broad SMARTS) is 1. The lowest BCUT2D eigenvalue weighted by atomic mass is 9.83. The van der Waals surface area contributed by atoms with Crippen LogP contribution in [0.4, 0.5) is 28.2 Å². The zero-order chi connectivity index (χ0) is 58.6. The van der Waals surface area contributed by atoms with E-state index >= 15 is 0 Å². The molecule has 2 saturated heterocycles. The molecule has 25 nitrogen and oxygen atoms in total. The van der Waals surface area contributed by atoms with E-state index in [-0.39, 0.29) is 41.7 Å². The summed E-state index contributed by atoms with van der Waals surface area (Å²) in [4.78, 5) is 93.5. The monoisotopic (exact) mass is 1140 g/mol. The van der Waals surface area contributed by atoms with Crippen molar-refractivity contribution < 1.29 is 42.2 Å². The number of benzene rings is 2. The van der Waals surface area contributed by atoms with E-state index < -0.39 is 68.5 Å². The van der Waals surface area contributed by atoms with Gasteiger partial charge in [0.2, 0.25) is 23.7 Å².